The van der Waals surface area contributed by atoms with E-state index in [1.54, 1.807) is 31.3 Å². The number of anilines is 2. The fourth-order valence-corrected chi connectivity index (χ4v) is 3.43. The van der Waals surface area contributed by atoms with Gasteiger partial charge in [-0.25, -0.2) is 4.79 Å². The molecule has 2 aliphatic rings. The molecule has 0 saturated heterocycles. The second kappa shape index (κ2) is 6.31. The molecule has 7 nitrogen and oxygen atoms in total. The van der Waals surface area contributed by atoms with Gasteiger partial charge in [0.15, 0.2) is 5.43 Å². The summed E-state index contributed by atoms with van der Waals surface area (Å²) < 4.78 is 5.79. The summed E-state index contributed by atoms with van der Waals surface area (Å²) in [6.45, 7) is 0. The number of phenolic OH excluding ortho intramolecular Hbond substituents is 1. The van der Waals surface area contributed by atoms with Crippen molar-refractivity contribution >= 4 is 28.3 Å². The van der Waals surface area contributed by atoms with Crippen molar-refractivity contribution in [1.82, 2.24) is 0 Å². The number of aromatic hydroxyl groups is 1. The predicted molar refractivity (Wildman–Crippen MR) is 107 cm³/mol. The number of aromatic carboxylic acids is 1. The van der Waals surface area contributed by atoms with Crippen LogP contribution in [0.25, 0.3) is 33.4 Å². The van der Waals surface area contributed by atoms with Crippen LogP contribution in [0.4, 0.5) is 11.4 Å². The normalized spacial score (nSPS) is 11.0. The summed E-state index contributed by atoms with van der Waals surface area (Å²) in [7, 11) is 1.65. The second-order valence-electron chi connectivity index (χ2n) is 6.32. The number of hydrogen-bond acceptors (Lipinski definition) is 6. The molecule has 2 aromatic carbocycles. The Morgan fingerprint density at radius 1 is 1.07 bits per heavy atom. The number of nitrogens with one attached hydrogen (secondary N) is 1. The lowest BCUT2D eigenvalue weighted by atomic mass is 9.89. The maximum Gasteiger partial charge on any atom is 0.338 e. The molecule has 1 aliphatic heterocycles. The molecule has 4 rings (SSSR count). The van der Waals surface area contributed by atoms with E-state index in [4.69, 9.17) is 10.2 Å². The summed E-state index contributed by atoms with van der Waals surface area (Å²) in [6, 6.07) is 12.2. The number of carbonyl (C=O) groups is 1. The van der Waals surface area contributed by atoms with E-state index >= 15 is 0 Å². The molecule has 5 N–H and O–H groups in total. The van der Waals surface area contributed by atoms with Gasteiger partial charge < -0.3 is 25.7 Å². The van der Waals surface area contributed by atoms with E-state index in [-0.39, 0.29) is 28.2 Å². The molecule has 0 saturated carbocycles. The quantitative estimate of drug-likeness (QED) is 0.318. The highest BCUT2D eigenvalue weighted by molar-refractivity contribution is 6.11. The van der Waals surface area contributed by atoms with Gasteiger partial charge in [0.1, 0.15) is 17.1 Å². The van der Waals surface area contributed by atoms with Gasteiger partial charge in [-0.3, -0.25) is 4.79 Å². The van der Waals surface area contributed by atoms with Crippen LogP contribution >= 0.6 is 0 Å². The number of nitrogen functional groups attached to an aromatic ring is 1. The van der Waals surface area contributed by atoms with Crippen molar-refractivity contribution in [2.24, 2.45) is 0 Å². The van der Waals surface area contributed by atoms with Gasteiger partial charge in [-0.1, -0.05) is 6.07 Å². The Balaban J connectivity index is 2.21. The van der Waals surface area contributed by atoms with Gasteiger partial charge in [0.2, 0.25) is 0 Å². The first kappa shape index (κ1) is 17.4. The average molecular weight is 376 g/mol. The van der Waals surface area contributed by atoms with Crippen molar-refractivity contribution in [2.45, 2.75) is 0 Å². The Kier molecular flexibility index (Phi) is 3.93. The third kappa shape index (κ3) is 2.61. The Hall–Kier alpha value is -4.00. The van der Waals surface area contributed by atoms with Crippen molar-refractivity contribution in [1.29, 1.82) is 0 Å². The van der Waals surface area contributed by atoms with E-state index in [2.05, 4.69) is 5.32 Å². The zero-order valence-electron chi connectivity index (χ0n) is 14.8. The molecule has 28 heavy (non-hydrogen) atoms. The summed E-state index contributed by atoms with van der Waals surface area (Å²) in [5.41, 5.74) is 8.25. The fourth-order valence-electron chi connectivity index (χ4n) is 3.43. The largest absolute Gasteiger partial charge is 0.508 e. The second-order valence-corrected chi connectivity index (χ2v) is 6.32. The van der Waals surface area contributed by atoms with Gasteiger partial charge in [-0.05, 0) is 35.9 Å². The van der Waals surface area contributed by atoms with Crippen LogP contribution in [-0.2, 0) is 0 Å². The van der Waals surface area contributed by atoms with E-state index in [1.165, 1.54) is 24.3 Å². The molecule has 0 aromatic heterocycles. The molecule has 7 heteroatoms. The lowest BCUT2D eigenvalue weighted by molar-refractivity contribution is 0.0699. The van der Waals surface area contributed by atoms with Crippen molar-refractivity contribution in [3.63, 3.8) is 0 Å². The number of carboxylic acid groups (broad SMARTS) is 1. The zero-order valence-corrected chi connectivity index (χ0v) is 14.8. The van der Waals surface area contributed by atoms with Crippen LogP contribution in [0.15, 0.2) is 57.7 Å². The van der Waals surface area contributed by atoms with Crippen LogP contribution in [0, 0.1) is 0 Å². The molecule has 140 valence electrons. The van der Waals surface area contributed by atoms with Crippen LogP contribution in [-0.4, -0.2) is 23.2 Å². The number of carboxylic acids is 1. The van der Waals surface area contributed by atoms with Gasteiger partial charge >= 0.3 is 5.97 Å². The van der Waals surface area contributed by atoms with Crippen LogP contribution in [0.2, 0.25) is 0 Å². The Morgan fingerprint density at radius 2 is 1.82 bits per heavy atom. The summed E-state index contributed by atoms with van der Waals surface area (Å²) in [6.07, 6.45) is 0. The van der Waals surface area contributed by atoms with Crippen LogP contribution < -0.4 is 16.5 Å². The number of phenols is 1. The molecule has 0 fully saturated rings. The third-order valence-corrected chi connectivity index (χ3v) is 4.67. The molecular weight excluding hydrogens is 360 g/mol. The standard InChI is InChI=1S/C21H16N2O5/c1-23-15-7-6-14(19(20(15)22)21(26)27)18-12-4-2-10(24)8-16(12)28-17-9-11(25)3-5-13(17)18/h2-9,23-24H,22H2,1H3,(H,26,27). The molecule has 1 aliphatic carbocycles. The zero-order chi connectivity index (χ0) is 20.0. The lowest BCUT2D eigenvalue weighted by Crippen LogP contribution is -2.09. The number of rotatable bonds is 3. The lowest BCUT2D eigenvalue weighted by Gasteiger charge is -2.18. The molecule has 0 unspecified atom stereocenters. The Bertz CT molecular complexity index is 1280. The SMILES string of the molecule is CNc1ccc(-c2c3ccc(=O)cc-3oc3cc(O)ccc23)c(C(=O)O)c1N. The molecule has 1 heterocycles. The van der Waals surface area contributed by atoms with E-state index in [0.29, 0.717) is 33.3 Å². The number of benzene rings is 3. The third-order valence-electron chi connectivity index (χ3n) is 4.67. The van der Waals surface area contributed by atoms with E-state index in [0.717, 1.165) is 0 Å². The number of hydrogen-bond donors (Lipinski definition) is 4. The molecule has 0 radical (unpaired) electrons. The van der Waals surface area contributed by atoms with Crippen molar-refractivity contribution in [3.05, 3.63) is 64.3 Å². The number of nitrogens with two attached hydrogens (primary N) is 1. The molecule has 0 bridgehead atoms. The maximum atomic E-state index is 12.0. The molecule has 0 atom stereocenters. The summed E-state index contributed by atoms with van der Waals surface area (Å²) in [4.78, 5) is 23.9. The van der Waals surface area contributed by atoms with Crippen LogP contribution in [0.3, 0.4) is 0 Å². The van der Waals surface area contributed by atoms with Gasteiger partial charge in [-0.2, -0.15) is 0 Å². The average Bonchev–Trinajstić information content (AvgIpc) is 2.65. The predicted octanol–water partition coefficient (Wildman–Crippen LogP) is 3.59. The fraction of sp³-hybridized carbons (Fsp3) is 0.0476. The minimum absolute atomic E-state index is 0.0108. The van der Waals surface area contributed by atoms with Crippen molar-refractivity contribution in [3.8, 4) is 28.2 Å². The topological polar surface area (TPSA) is 126 Å². The minimum Gasteiger partial charge on any atom is -0.508 e. The molecule has 0 spiro atoms. The highest BCUT2D eigenvalue weighted by atomic mass is 16.4. The summed E-state index contributed by atoms with van der Waals surface area (Å²) >= 11 is 0. The van der Waals surface area contributed by atoms with Gasteiger partial charge in [-0.15, -0.1) is 0 Å². The Morgan fingerprint density at radius 3 is 2.54 bits per heavy atom. The highest BCUT2D eigenvalue weighted by Gasteiger charge is 2.24. The van der Waals surface area contributed by atoms with Crippen LogP contribution in [0.1, 0.15) is 10.4 Å². The molecule has 0 amide bonds. The summed E-state index contributed by atoms with van der Waals surface area (Å²) in [5, 5.41) is 23.1. The smallest absolute Gasteiger partial charge is 0.338 e. The van der Waals surface area contributed by atoms with Crippen molar-refractivity contribution in [2.75, 3.05) is 18.1 Å². The van der Waals surface area contributed by atoms with E-state index < -0.39 is 5.97 Å². The first-order chi connectivity index (χ1) is 13.4. The van der Waals surface area contributed by atoms with Gasteiger partial charge in [0.25, 0.3) is 0 Å². The Labute approximate surface area is 159 Å². The maximum absolute atomic E-state index is 12.0. The first-order valence-corrected chi connectivity index (χ1v) is 8.44. The molecular formula is C21H16N2O5. The summed E-state index contributed by atoms with van der Waals surface area (Å²) in [5.74, 6) is -0.901. The monoisotopic (exact) mass is 376 g/mol. The van der Waals surface area contributed by atoms with Crippen LogP contribution in [0.5, 0.6) is 5.75 Å². The first-order valence-electron chi connectivity index (χ1n) is 8.44. The van der Waals surface area contributed by atoms with E-state index in [1.807, 2.05) is 0 Å². The highest BCUT2D eigenvalue weighted by Crippen LogP contribution is 2.43. The minimum atomic E-state index is -1.18. The van der Waals surface area contributed by atoms with Gasteiger partial charge in [0.05, 0.1) is 16.9 Å². The van der Waals surface area contributed by atoms with E-state index in [9.17, 15) is 19.8 Å². The van der Waals surface area contributed by atoms with Crippen molar-refractivity contribution < 1.29 is 19.4 Å². The molecule has 2 aromatic rings. The number of fused-ring (bicyclic) bond motifs is 2. The van der Waals surface area contributed by atoms with Gasteiger partial charge in [0, 0.05) is 35.7 Å².